The summed E-state index contributed by atoms with van der Waals surface area (Å²) in [6.45, 7) is 1.14. The van der Waals surface area contributed by atoms with Gasteiger partial charge in [0.05, 0.1) is 10.5 Å². The van der Waals surface area contributed by atoms with Crippen molar-refractivity contribution >= 4 is 17.2 Å². The van der Waals surface area contributed by atoms with Gasteiger partial charge in [-0.1, -0.05) is 12.1 Å². The van der Waals surface area contributed by atoms with Gasteiger partial charge in [-0.3, -0.25) is 14.9 Å². The summed E-state index contributed by atoms with van der Waals surface area (Å²) in [5, 5.41) is 42.1. The Morgan fingerprint density at radius 1 is 1.30 bits per heavy atom. The molecule has 1 aliphatic rings. The van der Waals surface area contributed by atoms with Gasteiger partial charge in [0.2, 0.25) is 5.91 Å². The van der Waals surface area contributed by atoms with Crippen molar-refractivity contribution in [1.82, 2.24) is 5.48 Å². The predicted octanol–water partition coefficient (Wildman–Crippen LogP) is 1.65. The highest BCUT2D eigenvalue weighted by molar-refractivity contribution is 5.78. The van der Waals surface area contributed by atoms with Crippen LogP contribution in [0.5, 0.6) is 17.2 Å². The smallest absolute Gasteiger partial charge is 0.270 e. The molecule has 2 aromatic rings. The third-order valence-electron chi connectivity index (χ3n) is 3.78. The van der Waals surface area contributed by atoms with E-state index in [2.05, 4.69) is 0 Å². The molecule has 1 unspecified atom stereocenters. The number of phenolic OH excluding ortho intramolecular Hbond substituents is 2. The molecule has 2 aromatic carbocycles. The third kappa shape index (κ3) is 3.26. The second-order valence-electron chi connectivity index (χ2n) is 5.70. The summed E-state index contributed by atoms with van der Waals surface area (Å²) in [4.78, 5) is 26.8. The molecule has 10 heteroatoms. The number of benzene rings is 2. The number of amides is 1. The van der Waals surface area contributed by atoms with Gasteiger partial charge in [0, 0.05) is 31.2 Å². The number of rotatable bonds is 4. The van der Waals surface area contributed by atoms with Crippen LogP contribution >= 0.6 is 0 Å². The van der Waals surface area contributed by atoms with Gasteiger partial charge in [-0.25, -0.2) is 10.3 Å². The average Bonchev–Trinajstić information content (AvgIpc) is 2.59. The number of nitrogens with zero attached hydrogens (tertiary/aromatic N) is 1. The number of nitrogens with one attached hydrogen (secondary N) is 1. The molecule has 3 rings (SSSR count). The van der Waals surface area contributed by atoms with Crippen molar-refractivity contribution in [2.45, 2.75) is 12.7 Å². The van der Waals surface area contributed by atoms with Crippen molar-refractivity contribution in [3.8, 4) is 17.2 Å². The molecule has 0 bridgehead atoms. The minimum absolute atomic E-state index is 0.117. The number of nitro benzene ring substituents is 1. The average molecular weight is 374 g/mol. The van der Waals surface area contributed by atoms with E-state index in [1.807, 2.05) is 5.48 Å². The molecule has 1 atom stereocenters. The lowest BCUT2D eigenvalue weighted by molar-refractivity contribution is -0.384. The molecule has 4 N–H and O–H groups in total. The number of nitro groups is 1. The minimum Gasteiger partial charge on any atom is -0.508 e. The van der Waals surface area contributed by atoms with Gasteiger partial charge < -0.3 is 20.1 Å². The van der Waals surface area contributed by atoms with Crippen LogP contribution in [0.3, 0.4) is 0 Å². The van der Waals surface area contributed by atoms with Gasteiger partial charge in [-0.15, -0.1) is 0 Å². The maximum Gasteiger partial charge on any atom is 0.270 e. The Hall–Kier alpha value is -3.63. The Labute approximate surface area is 152 Å². The predicted molar refractivity (Wildman–Crippen MR) is 90.3 cm³/mol. The molecule has 0 saturated carbocycles. The number of hydrogen-bond acceptors (Lipinski definition) is 8. The van der Waals surface area contributed by atoms with Crippen LogP contribution < -0.4 is 10.2 Å². The van der Waals surface area contributed by atoms with Crippen LogP contribution in [-0.4, -0.2) is 26.2 Å². The van der Waals surface area contributed by atoms with E-state index in [0.717, 1.165) is 25.3 Å². The van der Waals surface area contributed by atoms with E-state index in [9.17, 15) is 30.2 Å². The number of aliphatic hydroxyl groups is 1. The van der Waals surface area contributed by atoms with Crippen LogP contribution in [0.4, 0.5) is 5.69 Å². The van der Waals surface area contributed by atoms with Crippen molar-refractivity contribution in [3.05, 3.63) is 63.9 Å². The van der Waals surface area contributed by atoms with Gasteiger partial charge >= 0.3 is 0 Å². The SMILES string of the molecule is CC(=O)NOC1(O)C(c2cccc([N+](=O)[O-])c2)=COc2cc(O)cc(O)c21. The molecule has 0 aliphatic carbocycles. The largest absolute Gasteiger partial charge is 0.508 e. The molecular weight excluding hydrogens is 360 g/mol. The second-order valence-corrected chi connectivity index (χ2v) is 5.70. The standard InChI is InChI=1S/C17H14N2O8/c1-9(20)18-27-17(23)13(10-3-2-4-11(5-10)19(24)25)8-26-15-7-12(21)6-14(22)16(15)17/h2-8,21-23H,1H3,(H,18,20). The topological polar surface area (TPSA) is 151 Å². The van der Waals surface area contributed by atoms with Crippen LogP contribution in [0.1, 0.15) is 18.1 Å². The summed E-state index contributed by atoms with van der Waals surface area (Å²) in [6, 6.07) is 7.33. The van der Waals surface area contributed by atoms with Crippen LogP contribution in [0, 0.1) is 10.1 Å². The molecule has 1 aliphatic heterocycles. The van der Waals surface area contributed by atoms with Gasteiger partial charge in [-0.2, -0.15) is 0 Å². The molecule has 0 saturated heterocycles. The van der Waals surface area contributed by atoms with Gasteiger partial charge in [0.25, 0.3) is 11.5 Å². The van der Waals surface area contributed by atoms with Crippen molar-refractivity contribution in [2.75, 3.05) is 0 Å². The van der Waals surface area contributed by atoms with E-state index in [-0.39, 0.29) is 33.9 Å². The Balaban J connectivity index is 2.18. The van der Waals surface area contributed by atoms with Crippen molar-refractivity contribution in [3.63, 3.8) is 0 Å². The Kier molecular flexibility index (Phi) is 4.44. The Bertz CT molecular complexity index is 971. The number of ether oxygens (including phenoxy) is 1. The van der Waals surface area contributed by atoms with Crippen LogP contribution in [0.2, 0.25) is 0 Å². The quantitative estimate of drug-likeness (QED) is 0.358. The number of non-ortho nitro benzene ring substituents is 1. The lowest BCUT2D eigenvalue weighted by Crippen LogP contribution is -2.40. The molecule has 0 aromatic heterocycles. The molecular formula is C17H14N2O8. The fourth-order valence-corrected chi connectivity index (χ4v) is 2.66. The Morgan fingerprint density at radius 3 is 2.70 bits per heavy atom. The van der Waals surface area contributed by atoms with E-state index in [1.54, 1.807) is 0 Å². The number of carbonyl (C=O) groups excluding carboxylic acids is 1. The first-order valence-electron chi connectivity index (χ1n) is 7.58. The number of hydrogen-bond donors (Lipinski definition) is 4. The number of hydroxylamine groups is 1. The third-order valence-corrected chi connectivity index (χ3v) is 3.78. The van der Waals surface area contributed by atoms with E-state index < -0.39 is 22.4 Å². The van der Waals surface area contributed by atoms with E-state index >= 15 is 0 Å². The summed E-state index contributed by atoms with van der Waals surface area (Å²) in [5.74, 6) is -4.14. The lowest BCUT2D eigenvalue weighted by Gasteiger charge is -2.34. The molecule has 1 heterocycles. The van der Waals surface area contributed by atoms with Gasteiger partial charge in [0.15, 0.2) is 0 Å². The maximum atomic E-state index is 11.3. The molecule has 0 radical (unpaired) electrons. The van der Waals surface area contributed by atoms with Crippen LogP contribution in [0.15, 0.2) is 42.7 Å². The zero-order valence-electron chi connectivity index (χ0n) is 13.9. The van der Waals surface area contributed by atoms with Crippen molar-refractivity contribution in [2.24, 2.45) is 0 Å². The summed E-state index contributed by atoms with van der Waals surface area (Å²) in [5.41, 5.74) is 1.47. The van der Waals surface area contributed by atoms with E-state index in [4.69, 9.17) is 9.57 Å². The van der Waals surface area contributed by atoms with Crippen molar-refractivity contribution < 1.29 is 34.6 Å². The van der Waals surface area contributed by atoms with Gasteiger partial charge in [0.1, 0.15) is 29.1 Å². The first-order valence-corrected chi connectivity index (χ1v) is 7.58. The highest BCUT2D eigenvalue weighted by atomic mass is 16.7. The monoisotopic (exact) mass is 374 g/mol. The zero-order chi connectivity index (χ0) is 19.8. The highest BCUT2D eigenvalue weighted by Crippen LogP contribution is 2.50. The van der Waals surface area contributed by atoms with Crippen LogP contribution in [0.25, 0.3) is 5.57 Å². The normalized spacial score (nSPS) is 18.1. The lowest BCUT2D eigenvalue weighted by atomic mass is 9.89. The second kappa shape index (κ2) is 6.59. The molecule has 10 nitrogen and oxygen atoms in total. The molecule has 27 heavy (non-hydrogen) atoms. The summed E-state index contributed by atoms with van der Waals surface area (Å²) < 4.78 is 5.35. The number of carbonyl (C=O) groups is 1. The number of aromatic hydroxyl groups is 2. The minimum atomic E-state index is -2.45. The zero-order valence-corrected chi connectivity index (χ0v) is 13.9. The maximum absolute atomic E-state index is 11.3. The highest BCUT2D eigenvalue weighted by Gasteiger charge is 2.45. The fraction of sp³-hybridized carbons (Fsp3) is 0.118. The van der Waals surface area contributed by atoms with Gasteiger partial charge in [-0.05, 0) is 5.56 Å². The van der Waals surface area contributed by atoms with E-state index in [0.29, 0.717) is 0 Å². The molecule has 1 amide bonds. The first kappa shape index (κ1) is 18.2. The molecule has 0 spiro atoms. The molecule has 0 fully saturated rings. The summed E-state index contributed by atoms with van der Waals surface area (Å²) >= 11 is 0. The Morgan fingerprint density at radius 2 is 2.04 bits per heavy atom. The number of fused-ring (bicyclic) bond motifs is 1. The van der Waals surface area contributed by atoms with E-state index in [1.165, 1.54) is 24.3 Å². The van der Waals surface area contributed by atoms with Crippen LogP contribution in [-0.2, 0) is 15.4 Å². The fourth-order valence-electron chi connectivity index (χ4n) is 2.66. The molecule has 140 valence electrons. The first-order chi connectivity index (χ1) is 12.7. The summed E-state index contributed by atoms with van der Waals surface area (Å²) in [6.07, 6.45) is 1.04. The van der Waals surface area contributed by atoms with Crippen molar-refractivity contribution in [1.29, 1.82) is 0 Å². The number of phenols is 2. The summed E-state index contributed by atoms with van der Waals surface area (Å²) in [7, 11) is 0.